The lowest BCUT2D eigenvalue weighted by atomic mass is 9.69. The van der Waals surface area contributed by atoms with Crippen LogP contribution in [0.1, 0.15) is 52.9 Å². The van der Waals surface area contributed by atoms with Crippen molar-refractivity contribution in [1.82, 2.24) is 0 Å². The van der Waals surface area contributed by atoms with Crippen LogP contribution in [0, 0.1) is 5.92 Å². The first-order valence-corrected chi connectivity index (χ1v) is 5.37. The van der Waals surface area contributed by atoms with Gasteiger partial charge in [-0.05, 0) is 39.5 Å². The Kier molecular flexibility index (Phi) is 3.03. The number of hydrogen-bond donors (Lipinski definition) is 2. The van der Waals surface area contributed by atoms with Gasteiger partial charge in [0.15, 0.2) is 0 Å². The molecule has 0 aromatic rings. The molecule has 0 heterocycles. The first kappa shape index (κ1) is 11.0. The lowest BCUT2D eigenvalue weighted by molar-refractivity contribution is -0.0676. The van der Waals surface area contributed by atoms with Crippen LogP contribution in [0.25, 0.3) is 0 Å². The molecule has 1 aliphatic rings. The molecule has 1 aliphatic carbocycles. The zero-order chi connectivity index (χ0) is 10.1. The topological polar surface area (TPSA) is 46.2 Å². The van der Waals surface area contributed by atoms with Crippen molar-refractivity contribution in [3.8, 4) is 0 Å². The molecule has 13 heavy (non-hydrogen) atoms. The van der Waals surface area contributed by atoms with E-state index in [4.69, 9.17) is 5.73 Å². The Balaban J connectivity index is 2.67. The van der Waals surface area contributed by atoms with E-state index in [1.807, 2.05) is 20.8 Å². The molecule has 1 atom stereocenters. The molecule has 0 aromatic carbocycles. The maximum absolute atomic E-state index is 10.4. The molecular weight excluding hydrogens is 162 g/mol. The summed E-state index contributed by atoms with van der Waals surface area (Å²) in [6.07, 6.45) is 6.08. The summed E-state index contributed by atoms with van der Waals surface area (Å²) in [4.78, 5) is 0. The van der Waals surface area contributed by atoms with Gasteiger partial charge in [0, 0.05) is 5.54 Å². The SMILES string of the molecule is CC(C)(N)C(C)(O)C1CCCCC1. The molecule has 78 valence electrons. The Morgan fingerprint density at radius 1 is 1.08 bits per heavy atom. The summed E-state index contributed by atoms with van der Waals surface area (Å²) in [7, 11) is 0. The highest BCUT2D eigenvalue weighted by Crippen LogP contribution is 2.37. The summed E-state index contributed by atoms with van der Waals surface area (Å²) in [5, 5.41) is 10.4. The van der Waals surface area contributed by atoms with Crippen molar-refractivity contribution in [2.75, 3.05) is 0 Å². The molecule has 1 fully saturated rings. The van der Waals surface area contributed by atoms with Gasteiger partial charge in [0.1, 0.15) is 0 Å². The summed E-state index contributed by atoms with van der Waals surface area (Å²) >= 11 is 0. The van der Waals surface area contributed by atoms with Crippen molar-refractivity contribution < 1.29 is 5.11 Å². The second-order valence-corrected chi connectivity index (χ2v) is 5.20. The van der Waals surface area contributed by atoms with Gasteiger partial charge in [-0.1, -0.05) is 19.3 Å². The van der Waals surface area contributed by atoms with Gasteiger partial charge in [0.25, 0.3) is 0 Å². The van der Waals surface area contributed by atoms with E-state index in [0.717, 1.165) is 12.8 Å². The number of hydrogen-bond acceptors (Lipinski definition) is 2. The van der Waals surface area contributed by atoms with Crippen LogP contribution in [0.2, 0.25) is 0 Å². The van der Waals surface area contributed by atoms with E-state index in [-0.39, 0.29) is 0 Å². The fourth-order valence-corrected chi connectivity index (χ4v) is 2.19. The van der Waals surface area contributed by atoms with Crippen molar-refractivity contribution in [2.24, 2.45) is 11.7 Å². The Hall–Kier alpha value is -0.0800. The minimum absolute atomic E-state index is 0.390. The van der Waals surface area contributed by atoms with Crippen LogP contribution in [0.3, 0.4) is 0 Å². The van der Waals surface area contributed by atoms with Gasteiger partial charge in [-0.2, -0.15) is 0 Å². The molecule has 0 radical (unpaired) electrons. The largest absolute Gasteiger partial charge is 0.388 e. The van der Waals surface area contributed by atoms with Crippen LogP contribution in [-0.2, 0) is 0 Å². The molecule has 0 bridgehead atoms. The molecule has 1 unspecified atom stereocenters. The van der Waals surface area contributed by atoms with Gasteiger partial charge in [0.05, 0.1) is 5.60 Å². The third-order valence-corrected chi connectivity index (χ3v) is 3.70. The molecule has 0 amide bonds. The number of rotatable bonds is 2. The van der Waals surface area contributed by atoms with Gasteiger partial charge >= 0.3 is 0 Å². The summed E-state index contributed by atoms with van der Waals surface area (Å²) in [5.41, 5.74) is 4.79. The molecule has 2 nitrogen and oxygen atoms in total. The molecular formula is C11H23NO. The van der Waals surface area contributed by atoms with Crippen LogP contribution >= 0.6 is 0 Å². The maximum atomic E-state index is 10.4. The highest BCUT2D eigenvalue weighted by molar-refractivity contribution is 4.99. The van der Waals surface area contributed by atoms with Crippen molar-refractivity contribution in [1.29, 1.82) is 0 Å². The van der Waals surface area contributed by atoms with E-state index >= 15 is 0 Å². The Morgan fingerprint density at radius 2 is 1.54 bits per heavy atom. The molecule has 1 rings (SSSR count). The number of nitrogens with two attached hydrogens (primary N) is 1. The Morgan fingerprint density at radius 3 is 1.92 bits per heavy atom. The van der Waals surface area contributed by atoms with Crippen LogP contribution in [0.15, 0.2) is 0 Å². The zero-order valence-electron chi connectivity index (χ0n) is 9.14. The second kappa shape index (κ2) is 3.58. The number of aliphatic hydroxyl groups is 1. The molecule has 3 N–H and O–H groups in total. The minimum Gasteiger partial charge on any atom is -0.388 e. The first-order chi connectivity index (χ1) is 5.86. The third kappa shape index (κ3) is 2.23. The Bertz CT molecular complexity index is 163. The fourth-order valence-electron chi connectivity index (χ4n) is 2.19. The fraction of sp³-hybridized carbons (Fsp3) is 1.00. The van der Waals surface area contributed by atoms with E-state index in [1.54, 1.807) is 0 Å². The van der Waals surface area contributed by atoms with Crippen LogP contribution in [-0.4, -0.2) is 16.2 Å². The standard InChI is InChI=1S/C11H23NO/c1-10(2,12)11(3,13)9-7-5-4-6-8-9/h9,13H,4-8,12H2,1-3H3. The van der Waals surface area contributed by atoms with Crippen molar-refractivity contribution >= 4 is 0 Å². The summed E-state index contributed by atoms with van der Waals surface area (Å²) in [5.74, 6) is 0.390. The average molecular weight is 185 g/mol. The van der Waals surface area contributed by atoms with Gasteiger partial charge < -0.3 is 10.8 Å². The predicted octanol–water partition coefficient (Wildman–Crippen LogP) is 2.05. The van der Waals surface area contributed by atoms with Crippen LogP contribution in [0.4, 0.5) is 0 Å². The van der Waals surface area contributed by atoms with Gasteiger partial charge in [0.2, 0.25) is 0 Å². The van der Waals surface area contributed by atoms with Crippen molar-refractivity contribution in [2.45, 2.75) is 64.0 Å². The van der Waals surface area contributed by atoms with E-state index in [9.17, 15) is 5.11 Å². The molecule has 0 saturated heterocycles. The lowest BCUT2D eigenvalue weighted by Crippen LogP contribution is -2.59. The molecule has 2 heteroatoms. The van der Waals surface area contributed by atoms with Crippen molar-refractivity contribution in [3.63, 3.8) is 0 Å². The Labute approximate surface area is 81.5 Å². The second-order valence-electron chi connectivity index (χ2n) is 5.20. The smallest absolute Gasteiger partial charge is 0.0820 e. The molecule has 0 aromatic heterocycles. The van der Waals surface area contributed by atoms with Gasteiger partial charge in [-0.3, -0.25) is 0 Å². The molecule has 0 aliphatic heterocycles. The summed E-state index contributed by atoms with van der Waals surface area (Å²) in [6, 6.07) is 0. The lowest BCUT2D eigenvalue weighted by Gasteiger charge is -2.44. The van der Waals surface area contributed by atoms with Crippen LogP contribution < -0.4 is 5.73 Å². The highest BCUT2D eigenvalue weighted by atomic mass is 16.3. The summed E-state index contributed by atoms with van der Waals surface area (Å²) in [6.45, 7) is 5.73. The quantitative estimate of drug-likeness (QED) is 0.691. The monoisotopic (exact) mass is 185 g/mol. The van der Waals surface area contributed by atoms with Gasteiger partial charge in [-0.15, -0.1) is 0 Å². The van der Waals surface area contributed by atoms with E-state index in [1.165, 1.54) is 19.3 Å². The highest BCUT2D eigenvalue weighted by Gasteiger charge is 2.42. The normalized spacial score (nSPS) is 25.6. The minimum atomic E-state index is -0.715. The zero-order valence-corrected chi connectivity index (χ0v) is 9.14. The predicted molar refractivity (Wildman–Crippen MR) is 55.5 cm³/mol. The average Bonchev–Trinajstić information content (AvgIpc) is 2.04. The van der Waals surface area contributed by atoms with E-state index < -0.39 is 11.1 Å². The third-order valence-electron chi connectivity index (χ3n) is 3.70. The maximum Gasteiger partial charge on any atom is 0.0820 e. The van der Waals surface area contributed by atoms with E-state index in [2.05, 4.69) is 0 Å². The van der Waals surface area contributed by atoms with Gasteiger partial charge in [-0.25, -0.2) is 0 Å². The van der Waals surface area contributed by atoms with Crippen molar-refractivity contribution in [3.05, 3.63) is 0 Å². The first-order valence-electron chi connectivity index (χ1n) is 5.37. The molecule has 0 spiro atoms. The van der Waals surface area contributed by atoms with E-state index in [0.29, 0.717) is 5.92 Å². The van der Waals surface area contributed by atoms with Crippen LogP contribution in [0.5, 0.6) is 0 Å². The summed E-state index contributed by atoms with van der Waals surface area (Å²) < 4.78 is 0. The molecule has 1 saturated carbocycles.